The number of hydrogen-bond acceptors (Lipinski definition) is 3. The summed E-state index contributed by atoms with van der Waals surface area (Å²) in [7, 11) is 0. The third-order valence-corrected chi connectivity index (χ3v) is 2.81. The Morgan fingerprint density at radius 3 is 2.50 bits per heavy atom. The Morgan fingerprint density at radius 1 is 1.28 bits per heavy atom. The summed E-state index contributed by atoms with van der Waals surface area (Å²) in [5, 5.41) is 13.1. The van der Waals surface area contributed by atoms with E-state index in [-0.39, 0.29) is 5.82 Å². The Balaban J connectivity index is 2.48. The van der Waals surface area contributed by atoms with Crippen molar-refractivity contribution in [2.24, 2.45) is 0 Å². The fourth-order valence-corrected chi connectivity index (χ4v) is 1.83. The van der Waals surface area contributed by atoms with E-state index in [1.165, 1.54) is 12.1 Å². The lowest BCUT2D eigenvalue weighted by Gasteiger charge is -2.26. The summed E-state index contributed by atoms with van der Waals surface area (Å²) in [6, 6.07) is 6.37. The highest BCUT2D eigenvalue weighted by Crippen LogP contribution is 2.14. The molecule has 0 radical (unpaired) electrons. The summed E-state index contributed by atoms with van der Waals surface area (Å²) in [5.41, 5.74) is 0.938. The average molecular weight is 254 g/mol. The normalized spacial score (nSPS) is 12.4. The lowest BCUT2D eigenvalue weighted by Crippen LogP contribution is -2.38. The van der Waals surface area contributed by atoms with Gasteiger partial charge in [0.15, 0.2) is 0 Å². The molecule has 0 heterocycles. The van der Waals surface area contributed by atoms with E-state index in [9.17, 15) is 9.50 Å². The number of anilines is 1. The largest absolute Gasteiger partial charge is 0.390 e. The van der Waals surface area contributed by atoms with Gasteiger partial charge in [0.25, 0.3) is 0 Å². The van der Waals surface area contributed by atoms with E-state index in [0.29, 0.717) is 13.1 Å². The monoisotopic (exact) mass is 254 g/mol. The van der Waals surface area contributed by atoms with E-state index >= 15 is 0 Å². The van der Waals surface area contributed by atoms with Gasteiger partial charge in [0.05, 0.1) is 6.10 Å². The number of likely N-dealkylation sites (N-methyl/N-ethyl adjacent to an activating group) is 1. The minimum Gasteiger partial charge on any atom is -0.390 e. The molecule has 0 spiro atoms. The zero-order chi connectivity index (χ0) is 13.4. The molecule has 0 aliphatic carbocycles. The van der Waals surface area contributed by atoms with Crippen LogP contribution in [-0.2, 0) is 0 Å². The van der Waals surface area contributed by atoms with Crippen LogP contribution in [0.5, 0.6) is 0 Å². The highest BCUT2D eigenvalue weighted by atomic mass is 19.1. The SMILES string of the molecule is CCCNCC(O)CN(CC)c1ccc(F)cc1. The van der Waals surface area contributed by atoms with Crippen molar-refractivity contribution >= 4 is 5.69 Å². The number of benzene rings is 1. The molecule has 0 aromatic heterocycles. The number of aliphatic hydroxyl groups is 1. The average Bonchev–Trinajstić information content (AvgIpc) is 2.37. The van der Waals surface area contributed by atoms with Gasteiger partial charge in [0.1, 0.15) is 5.82 Å². The molecule has 0 amide bonds. The number of hydrogen-bond donors (Lipinski definition) is 2. The molecule has 1 aromatic rings. The van der Waals surface area contributed by atoms with Crippen molar-refractivity contribution in [2.45, 2.75) is 26.4 Å². The minimum absolute atomic E-state index is 0.236. The summed E-state index contributed by atoms with van der Waals surface area (Å²) >= 11 is 0. The maximum atomic E-state index is 12.8. The number of nitrogens with one attached hydrogen (secondary N) is 1. The molecular formula is C14H23FN2O. The standard InChI is InChI=1S/C14H23FN2O/c1-3-9-16-10-14(18)11-17(4-2)13-7-5-12(15)6-8-13/h5-8,14,16,18H,3-4,9-11H2,1-2H3. The zero-order valence-corrected chi connectivity index (χ0v) is 11.2. The first-order chi connectivity index (χ1) is 8.67. The molecule has 1 unspecified atom stereocenters. The van der Waals surface area contributed by atoms with Gasteiger partial charge in [0, 0.05) is 25.3 Å². The van der Waals surface area contributed by atoms with Gasteiger partial charge in [-0.25, -0.2) is 4.39 Å². The Bertz CT molecular complexity index is 329. The van der Waals surface area contributed by atoms with Gasteiger partial charge in [-0.15, -0.1) is 0 Å². The van der Waals surface area contributed by atoms with E-state index in [0.717, 1.165) is 25.2 Å². The highest BCUT2D eigenvalue weighted by molar-refractivity contribution is 5.46. The van der Waals surface area contributed by atoms with Crippen LogP contribution in [0.25, 0.3) is 0 Å². The molecule has 102 valence electrons. The maximum Gasteiger partial charge on any atom is 0.123 e. The molecule has 3 nitrogen and oxygen atoms in total. The second-order valence-corrected chi connectivity index (χ2v) is 4.37. The first-order valence-electron chi connectivity index (χ1n) is 6.56. The van der Waals surface area contributed by atoms with Crippen LogP contribution in [0.2, 0.25) is 0 Å². The molecule has 0 aliphatic heterocycles. The van der Waals surface area contributed by atoms with Crippen LogP contribution in [0.3, 0.4) is 0 Å². The molecule has 18 heavy (non-hydrogen) atoms. The highest BCUT2D eigenvalue weighted by Gasteiger charge is 2.10. The molecule has 1 atom stereocenters. The fourth-order valence-electron chi connectivity index (χ4n) is 1.83. The van der Waals surface area contributed by atoms with Crippen molar-refractivity contribution in [2.75, 3.05) is 31.1 Å². The molecule has 0 saturated carbocycles. The van der Waals surface area contributed by atoms with Crippen molar-refractivity contribution < 1.29 is 9.50 Å². The van der Waals surface area contributed by atoms with Crippen molar-refractivity contribution in [1.29, 1.82) is 0 Å². The summed E-state index contributed by atoms with van der Waals surface area (Å²) in [6.07, 6.45) is 0.642. The second-order valence-electron chi connectivity index (χ2n) is 4.37. The molecule has 1 aromatic carbocycles. The third kappa shape index (κ3) is 5.02. The van der Waals surface area contributed by atoms with Crippen LogP contribution < -0.4 is 10.2 Å². The van der Waals surface area contributed by atoms with Gasteiger partial charge in [-0.2, -0.15) is 0 Å². The molecule has 4 heteroatoms. The van der Waals surface area contributed by atoms with Gasteiger partial charge < -0.3 is 15.3 Å². The molecule has 1 rings (SSSR count). The van der Waals surface area contributed by atoms with Gasteiger partial charge in [0.2, 0.25) is 0 Å². The molecule has 2 N–H and O–H groups in total. The van der Waals surface area contributed by atoms with Crippen molar-refractivity contribution in [3.05, 3.63) is 30.1 Å². The first-order valence-corrected chi connectivity index (χ1v) is 6.56. The van der Waals surface area contributed by atoms with Gasteiger partial charge in [-0.05, 0) is 44.2 Å². The lowest BCUT2D eigenvalue weighted by atomic mass is 10.2. The van der Waals surface area contributed by atoms with Crippen molar-refractivity contribution in [3.8, 4) is 0 Å². The van der Waals surface area contributed by atoms with E-state index in [4.69, 9.17) is 0 Å². The third-order valence-electron chi connectivity index (χ3n) is 2.81. The van der Waals surface area contributed by atoms with Crippen molar-refractivity contribution in [1.82, 2.24) is 5.32 Å². The molecule has 0 bridgehead atoms. The van der Waals surface area contributed by atoms with E-state index in [1.54, 1.807) is 12.1 Å². The Kier molecular flexibility index (Phi) is 6.68. The summed E-state index contributed by atoms with van der Waals surface area (Å²) in [4.78, 5) is 2.04. The summed E-state index contributed by atoms with van der Waals surface area (Å²) in [6.45, 7) is 6.96. The lowest BCUT2D eigenvalue weighted by molar-refractivity contribution is 0.177. The second kappa shape index (κ2) is 8.06. The quantitative estimate of drug-likeness (QED) is 0.697. The minimum atomic E-state index is -0.415. The van der Waals surface area contributed by atoms with Crippen molar-refractivity contribution in [3.63, 3.8) is 0 Å². The molecular weight excluding hydrogens is 231 g/mol. The van der Waals surface area contributed by atoms with Gasteiger partial charge in [-0.3, -0.25) is 0 Å². The Labute approximate surface area is 109 Å². The van der Waals surface area contributed by atoms with Gasteiger partial charge in [-0.1, -0.05) is 6.92 Å². The predicted octanol–water partition coefficient (Wildman–Crippen LogP) is 2.01. The van der Waals surface area contributed by atoms with E-state index in [2.05, 4.69) is 12.2 Å². The topological polar surface area (TPSA) is 35.5 Å². The van der Waals surface area contributed by atoms with Crippen LogP contribution in [-0.4, -0.2) is 37.4 Å². The molecule has 0 fully saturated rings. The fraction of sp³-hybridized carbons (Fsp3) is 0.571. The predicted molar refractivity (Wildman–Crippen MR) is 73.5 cm³/mol. The first kappa shape index (κ1) is 14.9. The molecule has 0 aliphatic rings. The van der Waals surface area contributed by atoms with Crippen LogP contribution >= 0.6 is 0 Å². The van der Waals surface area contributed by atoms with Crippen LogP contribution in [0, 0.1) is 5.82 Å². The summed E-state index contributed by atoms with van der Waals surface area (Å²) < 4.78 is 12.8. The van der Waals surface area contributed by atoms with Crippen LogP contribution in [0.4, 0.5) is 10.1 Å². The summed E-state index contributed by atoms with van der Waals surface area (Å²) in [5.74, 6) is -0.236. The zero-order valence-electron chi connectivity index (χ0n) is 11.2. The Hall–Kier alpha value is -1.13. The molecule has 0 saturated heterocycles. The maximum absolute atomic E-state index is 12.8. The number of nitrogens with zero attached hydrogens (tertiary/aromatic N) is 1. The van der Waals surface area contributed by atoms with Crippen LogP contribution in [0.15, 0.2) is 24.3 Å². The van der Waals surface area contributed by atoms with E-state index in [1.807, 2.05) is 11.8 Å². The van der Waals surface area contributed by atoms with E-state index < -0.39 is 6.10 Å². The smallest absolute Gasteiger partial charge is 0.123 e. The number of halogens is 1. The van der Waals surface area contributed by atoms with Gasteiger partial charge >= 0.3 is 0 Å². The number of aliphatic hydroxyl groups excluding tert-OH is 1. The Morgan fingerprint density at radius 2 is 1.94 bits per heavy atom. The number of rotatable bonds is 8. The van der Waals surface area contributed by atoms with Crippen LogP contribution in [0.1, 0.15) is 20.3 Å².